The van der Waals surface area contributed by atoms with Crippen molar-refractivity contribution in [3.8, 4) is 5.75 Å². The highest BCUT2D eigenvalue weighted by Crippen LogP contribution is 2.29. The fourth-order valence-corrected chi connectivity index (χ4v) is 1.30. The van der Waals surface area contributed by atoms with E-state index in [-0.39, 0.29) is 11.3 Å². The number of phenols is 1. The fourth-order valence-electron chi connectivity index (χ4n) is 1.03. The number of hydrogen-bond acceptors (Lipinski definition) is 2. The number of aryl methyl sites for hydroxylation is 1. The Morgan fingerprint density at radius 2 is 2.08 bits per heavy atom. The molecule has 0 saturated heterocycles. The molecule has 12 heavy (non-hydrogen) atoms. The maximum atomic E-state index is 10.5. The van der Waals surface area contributed by atoms with E-state index in [1.54, 1.807) is 19.9 Å². The second-order valence-corrected chi connectivity index (χ2v) is 3.09. The van der Waals surface area contributed by atoms with Gasteiger partial charge in [0.15, 0.2) is 6.29 Å². The van der Waals surface area contributed by atoms with Crippen molar-refractivity contribution < 1.29 is 9.90 Å². The number of aromatic hydroxyl groups is 1. The molecule has 0 aliphatic carbocycles. The number of aldehydes is 1. The Hall–Kier alpha value is -1.02. The lowest BCUT2D eigenvalue weighted by molar-refractivity contribution is 0.112. The summed E-state index contributed by atoms with van der Waals surface area (Å²) in [6, 6.07) is 1.64. The van der Waals surface area contributed by atoms with Gasteiger partial charge in [0, 0.05) is 5.02 Å². The molecule has 0 bridgehead atoms. The van der Waals surface area contributed by atoms with Gasteiger partial charge < -0.3 is 5.11 Å². The molecule has 0 amide bonds. The molecule has 3 heteroatoms. The van der Waals surface area contributed by atoms with E-state index in [9.17, 15) is 9.90 Å². The SMILES string of the molecule is Cc1cc(Cl)c(C)c(C=O)c1O. The molecule has 0 spiro atoms. The zero-order valence-electron chi connectivity index (χ0n) is 6.89. The summed E-state index contributed by atoms with van der Waals surface area (Å²) >= 11 is 5.80. The molecule has 1 N–H and O–H groups in total. The Bertz CT molecular complexity index is 306. The highest BCUT2D eigenvalue weighted by molar-refractivity contribution is 6.31. The molecule has 0 fully saturated rings. The van der Waals surface area contributed by atoms with Crippen molar-refractivity contribution in [2.45, 2.75) is 13.8 Å². The minimum atomic E-state index is 0.0203. The van der Waals surface area contributed by atoms with Gasteiger partial charge >= 0.3 is 0 Å². The predicted molar refractivity (Wildman–Crippen MR) is 48.0 cm³/mol. The van der Waals surface area contributed by atoms with E-state index in [2.05, 4.69) is 0 Å². The molecule has 64 valence electrons. The van der Waals surface area contributed by atoms with Crippen LogP contribution in [0, 0.1) is 13.8 Å². The smallest absolute Gasteiger partial charge is 0.154 e. The normalized spacial score (nSPS) is 9.92. The third-order valence-corrected chi connectivity index (χ3v) is 2.24. The number of rotatable bonds is 1. The lowest BCUT2D eigenvalue weighted by Crippen LogP contribution is -1.91. The van der Waals surface area contributed by atoms with Gasteiger partial charge in [0.1, 0.15) is 5.75 Å². The number of carbonyl (C=O) groups is 1. The van der Waals surface area contributed by atoms with Crippen molar-refractivity contribution in [1.82, 2.24) is 0 Å². The van der Waals surface area contributed by atoms with E-state index in [0.29, 0.717) is 22.4 Å². The first-order valence-electron chi connectivity index (χ1n) is 3.51. The van der Waals surface area contributed by atoms with Crippen LogP contribution >= 0.6 is 11.6 Å². The minimum Gasteiger partial charge on any atom is -0.507 e. The van der Waals surface area contributed by atoms with Crippen molar-refractivity contribution in [1.29, 1.82) is 0 Å². The molecule has 0 radical (unpaired) electrons. The van der Waals surface area contributed by atoms with Crippen LogP contribution in [0.4, 0.5) is 0 Å². The standard InChI is InChI=1S/C9H9ClO2/c1-5-3-8(10)6(2)7(4-11)9(5)12/h3-4,12H,1-2H3. The summed E-state index contributed by atoms with van der Waals surface area (Å²) in [4.78, 5) is 10.5. The van der Waals surface area contributed by atoms with Crippen LogP contribution in [-0.2, 0) is 0 Å². The van der Waals surface area contributed by atoms with E-state index in [1.165, 1.54) is 0 Å². The van der Waals surface area contributed by atoms with Crippen molar-refractivity contribution in [3.63, 3.8) is 0 Å². The van der Waals surface area contributed by atoms with Crippen LogP contribution in [0.3, 0.4) is 0 Å². The second kappa shape index (κ2) is 3.15. The maximum absolute atomic E-state index is 10.5. The third kappa shape index (κ3) is 1.30. The lowest BCUT2D eigenvalue weighted by atomic mass is 10.1. The summed E-state index contributed by atoms with van der Waals surface area (Å²) in [6.45, 7) is 3.40. The van der Waals surface area contributed by atoms with Gasteiger partial charge in [-0.2, -0.15) is 0 Å². The van der Waals surface area contributed by atoms with Gasteiger partial charge in [0.25, 0.3) is 0 Å². The van der Waals surface area contributed by atoms with Crippen LogP contribution < -0.4 is 0 Å². The molecular formula is C9H9ClO2. The van der Waals surface area contributed by atoms with Gasteiger partial charge in [-0.05, 0) is 31.0 Å². The Morgan fingerprint density at radius 1 is 1.50 bits per heavy atom. The molecule has 0 unspecified atom stereocenters. The van der Waals surface area contributed by atoms with Gasteiger partial charge in [-0.3, -0.25) is 4.79 Å². The van der Waals surface area contributed by atoms with Crippen molar-refractivity contribution in [2.75, 3.05) is 0 Å². The first-order chi connectivity index (χ1) is 5.57. The maximum Gasteiger partial charge on any atom is 0.154 e. The van der Waals surface area contributed by atoms with Crippen LogP contribution in [-0.4, -0.2) is 11.4 Å². The van der Waals surface area contributed by atoms with E-state index in [4.69, 9.17) is 11.6 Å². The molecule has 0 atom stereocenters. The average molecular weight is 185 g/mol. The largest absolute Gasteiger partial charge is 0.507 e. The molecule has 0 aromatic heterocycles. The number of phenolic OH excluding ortho intramolecular Hbond substituents is 1. The van der Waals surface area contributed by atoms with Crippen LogP contribution in [0.25, 0.3) is 0 Å². The van der Waals surface area contributed by atoms with Crippen LogP contribution in [0.15, 0.2) is 6.07 Å². The number of hydrogen-bond donors (Lipinski definition) is 1. The molecular weight excluding hydrogens is 176 g/mol. The van der Waals surface area contributed by atoms with Gasteiger partial charge in [0.05, 0.1) is 5.56 Å². The molecule has 1 rings (SSSR count). The summed E-state index contributed by atoms with van der Waals surface area (Å²) in [5.41, 5.74) is 1.52. The van der Waals surface area contributed by atoms with Gasteiger partial charge in [-0.15, -0.1) is 0 Å². The molecule has 0 saturated carbocycles. The second-order valence-electron chi connectivity index (χ2n) is 2.68. The third-order valence-electron chi connectivity index (χ3n) is 1.85. The summed E-state index contributed by atoms with van der Waals surface area (Å²) in [7, 11) is 0. The van der Waals surface area contributed by atoms with Gasteiger partial charge in [-0.25, -0.2) is 0 Å². The Kier molecular flexibility index (Phi) is 2.38. The Labute approximate surface area is 75.8 Å². The highest BCUT2D eigenvalue weighted by Gasteiger charge is 2.09. The van der Waals surface area contributed by atoms with Gasteiger partial charge in [0.2, 0.25) is 0 Å². The summed E-state index contributed by atoms with van der Waals surface area (Å²) < 4.78 is 0. The zero-order valence-corrected chi connectivity index (χ0v) is 7.64. The van der Waals surface area contributed by atoms with Crippen LogP contribution in [0.5, 0.6) is 5.75 Å². The topological polar surface area (TPSA) is 37.3 Å². The minimum absolute atomic E-state index is 0.0203. The molecule has 0 heterocycles. The van der Waals surface area contributed by atoms with Crippen molar-refractivity contribution >= 4 is 17.9 Å². The molecule has 2 nitrogen and oxygen atoms in total. The quantitative estimate of drug-likeness (QED) is 0.681. The Morgan fingerprint density at radius 3 is 2.58 bits per heavy atom. The van der Waals surface area contributed by atoms with E-state index >= 15 is 0 Å². The lowest BCUT2D eigenvalue weighted by Gasteiger charge is -2.06. The summed E-state index contributed by atoms with van der Waals surface area (Å²) in [5, 5.41) is 9.92. The number of benzene rings is 1. The average Bonchev–Trinajstić information content (AvgIpc) is 2.02. The number of carbonyl (C=O) groups excluding carboxylic acids is 1. The summed E-state index contributed by atoms with van der Waals surface area (Å²) in [5.74, 6) is 0.0203. The fraction of sp³-hybridized carbons (Fsp3) is 0.222. The molecule has 0 aliphatic heterocycles. The van der Waals surface area contributed by atoms with E-state index < -0.39 is 0 Å². The molecule has 1 aromatic carbocycles. The number of halogens is 1. The monoisotopic (exact) mass is 184 g/mol. The van der Waals surface area contributed by atoms with Gasteiger partial charge in [-0.1, -0.05) is 11.6 Å². The van der Waals surface area contributed by atoms with Crippen LogP contribution in [0.2, 0.25) is 5.02 Å². The predicted octanol–water partition coefficient (Wildman–Crippen LogP) is 2.47. The molecule has 1 aromatic rings. The van der Waals surface area contributed by atoms with E-state index in [0.717, 1.165) is 0 Å². The van der Waals surface area contributed by atoms with Crippen molar-refractivity contribution in [2.24, 2.45) is 0 Å². The van der Waals surface area contributed by atoms with Crippen LogP contribution in [0.1, 0.15) is 21.5 Å². The molecule has 0 aliphatic rings. The van der Waals surface area contributed by atoms with E-state index in [1.807, 2.05) is 0 Å². The zero-order chi connectivity index (χ0) is 9.30. The Balaban J connectivity index is 3.52. The summed E-state index contributed by atoms with van der Waals surface area (Å²) in [6.07, 6.45) is 0.615. The highest BCUT2D eigenvalue weighted by atomic mass is 35.5. The first-order valence-corrected chi connectivity index (χ1v) is 3.89. The first kappa shape index (κ1) is 9.07. The van der Waals surface area contributed by atoms with Crippen molar-refractivity contribution in [3.05, 3.63) is 27.8 Å².